The molecule has 0 aliphatic heterocycles. The lowest BCUT2D eigenvalue weighted by Gasteiger charge is -2.27. The van der Waals surface area contributed by atoms with Crippen molar-refractivity contribution in [3.63, 3.8) is 0 Å². The first-order valence-electron chi connectivity index (χ1n) is 15.5. The lowest BCUT2D eigenvalue weighted by Crippen LogP contribution is -2.39. The largest absolute Gasteiger partial charge is 0.509 e. The van der Waals surface area contributed by atoms with Crippen LogP contribution in [0.5, 0.6) is 0 Å². The Labute approximate surface area is 269 Å². The number of carbonyl (C=O) groups is 3. The average Bonchev–Trinajstić information content (AvgIpc) is 3.05. The second-order valence-electron chi connectivity index (χ2n) is 12.3. The number of halogens is 2. The summed E-state index contributed by atoms with van der Waals surface area (Å²) >= 11 is 0. The van der Waals surface area contributed by atoms with Gasteiger partial charge in [0.2, 0.25) is 0 Å². The Kier molecular flexibility index (Phi) is 11.2. The molecule has 7 heteroatoms. The Bertz CT molecular complexity index is 1540. The van der Waals surface area contributed by atoms with E-state index in [-0.39, 0.29) is 0 Å². The van der Waals surface area contributed by atoms with Crippen LogP contribution >= 0.6 is 0 Å². The van der Waals surface area contributed by atoms with Crippen molar-refractivity contribution >= 4 is 17.7 Å². The molecule has 0 radical (unpaired) electrons. The van der Waals surface area contributed by atoms with Gasteiger partial charge in [-0.3, -0.25) is 9.59 Å². The maximum absolute atomic E-state index is 15.1. The summed E-state index contributed by atoms with van der Waals surface area (Å²) in [5.74, 6) is -4.18. The lowest BCUT2D eigenvalue weighted by molar-refractivity contribution is -0.137. The molecule has 4 unspecified atom stereocenters. The van der Waals surface area contributed by atoms with Crippen molar-refractivity contribution in [1.82, 2.24) is 0 Å². The van der Waals surface area contributed by atoms with Gasteiger partial charge >= 0.3 is 6.16 Å². The third-order valence-electron chi connectivity index (χ3n) is 8.23. The molecule has 46 heavy (non-hydrogen) atoms. The minimum Gasteiger partial charge on any atom is -0.423 e. The van der Waals surface area contributed by atoms with Crippen molar-refractivity contribution in [2.75, 3.05) is 0 Å². The van der Waals surface area contributed by atoms with Gasteiger partial charge in [0.05, 0.1) is 0 Å². The summed E-state index contributed by atoms with van der Waals surface area (Å²) in [6.45, 7) is 10.2. The SMILES string of the molecule is CC(C(=O)C(OC(=O)OC(C(=O)C(C)c1ccc(-c2ccccc2)c(F)c1)C(C)C)C(C)C)c1ccc(-c2ccccc2)c(F)c1. The minimum atomic E-state index is -1.20. The van der Waals surface area contributed by atoms with E-state index in [1.165, 1.54) is 12.1 Å². The summed E-state index contributed by atoms with van der Waals surface area (Å²) in [5.41, 5.74) is 3.15. The molecule has 0 aliphatic carbocycles. The number of Topliss-reactive ketones (excluding diaryl/α,β-unsaturated/α-hetero) is 2. The van der Waals surface area contributed by atoms with Gasteiger partial charge in [0.1, 0.15) is 11.6 Å². The molecule has 4 aromatic rings. The molecule has 0 bridgehead atoms. The van der Waals surface area contributed by atoms with E-state index >= 15 is 8.78 Å². The third kappa shape index (κ3) is 7.94. The Balaban J connectivity index is 1.45. The van der Waals surface area contributed by atoms with Crippen LogP contribution in [0.2, 0.25) is 0 Å². The summed E-state index contributed by atoms with van der Waals surface area (Å²) in [5, 5.41) is 0. The number of ketones is 2. The first-order chi connectivity index (χ1) is 21.9. The van der Waals surface area contributed by atoms with Crippen LogP contribution in [0.15, 0.2) is 97.1 Å². The zero-order valence-electron chi connectivity index (χ0n) is 27.0. The molecule has 0 aliphatic rings. The maximum atomic E-state index is 15.1. The smallest absolute Gasteiger partial charge is 0.423 e. The summed E-state index contributed by atoms with van der Waals surface area (Å²) in [6, 6.07) is 27.5. The first kappa shape index (κ1) is 34.2. The van der Waals surface area contributed by atoms with Crippen LogP contribution in [0.3, 0.4) is 0 Å². The van der Waals surface area contributed by atoms with Crippen molar-refractivity contribution in [3.05, 3.63) is 120 Å². The number of rotatable bonds is 12. The van der Waals surface area contributed by atoms with Crippen LogP contribution in [-0.4, -0.2) is 29.9 Å². The number of ether oxygens (including phenoxy) is 2. The van der Waals surface area contributed by atoms with Gasteiger partial charge < -0.3 is 9.47 Å². The molecular weight excluding hydrogens is 586 g/mol. The molecule has 0 spiro atoms. The quantitative estimate of drug-likeness (QED) is 0.147. The van der Waals surface area contributed by atoms with E-state index in [1.54, 1.807) is 90.1 Å². The molecule has 4 atom stereocenters. The molecule has 0 fully saturated rings. The summed E-state index contributed by atoms with van der Waals surface area (Å²) in [4.78, 5) is 40.1. The molecule has 0 saturated heterocycles. The molecule has 5 nitrogen and oxygen atoms in total. The zero-order chi connectivity index (χ0) is 33.5. The zero-order valence-corrected chi connectivity index (χ0v) is 27.0. The van der Waals surface area contributed by atoms with Crippen LogP contribution in [0.4, 0.5) is 13.6 Å². The Morgan fingerprint density at radius 3 is 1.17 bits per heavy atom. The van der Waals surface area contributed by atoms with E-state index in [9.17, 15) is 14.4 Å². The summed E-state index contributed by atoms with van der Waals surface area (Å²) < 4.78 is 41.2. The number of hydrogen-bond acceptors (Lipinski definition) is 5. The predicted molar refractivity (Wildman–Crippen MR) is 175 cm³/mol. The van der Waals surface area contributed by atoms with Crippen LogP contribution in [0.1, 0.15) is 64.5 Å². The van der Waals surface area contributed by atoms with Crippen molar-refractivity contribution in [3.8, 4) is 22.3 Å². The normalized spacial score (nSPS) is 14.0. The topological polar surface area (TPSA) is 69.7 Å². The minimum absolute atomic E-state index is 0.415. The van der Waals surface area contributed by atoms with Crippen molar-refractivity contribution in [2.45, 2.75) is 65.6 Å². The van der Waals surface area contributed by atoms with E-state index in [0.29, 0.717) is 22.3 Å². The van der Waals surface area contributed by atoms with E-state index in [0.717, 1.165) is 11.1 Å². The van der Waals surface area contributed by atoms with Gasteiger partial charge in [0.25, 0.3) is 0 Å². The fourth-order valence-corrected chi connectivity index (χ4v) is 5.41. The van der Waals surface area contributed by atoms with Crippen LogP contribution < -0.4 is 0 Å². The Hall–Kier alpha value is -4.65. The molecule has 4 aromatic carbocycles. The highest BCUT2D eigenvalue weighted by atomic mass is 19.1. The summed E-state index contributed by atoms with van der Waals surface area (Å²) in [6.07, 6.45) is -3.55. The average molecular weight is 627 g/mol. The monoisotopic (exact) mass is 626 g/mol. The molecule has 0 saturated carbocycles. The van der Waals surface area contributed by atoms with Crippen molar-refractivity contribution in [1.29, 1.82) is 0 Å². The van der Waals surface area contributed by atoms with Gasteiger partial charge in [0, 0.05) is 23.0 Å². The number of carbonyl (C=O) groups excluding carboxylic acids is 3. The highest BCUT2D eigenvalue weighted by molar-refractivity contribution is 5.92. The van der Waals surface area contributed by atoms with Gasteiger partial charge in [-0.05, 0) is 46.2 Å². The van der Waals surface area contributed by atoms with E-state index in [1.807, 2.05) is 36.4 Å². The van der Waals surface area contributed by atoms with Crippen molar-refractivity contribution in [2.24, 2.45) is 11.8 Å². The van der Waals surface area contributed by atoms with Gasteiger partial charge in [-0.25, -0.2) is 13.6 Å². The number of hydrogen-bond donors (Lipinski definition) is 0. The lowest BCUT2D eigenvalue weighted by atomic mass is 9.88. The van der Waals surface area contributed by atoms with Gasteiger partial charge in [-0.15, -0.1) is 0 Å². The van der Waals surface area contributed by atoms with Gasteiger partial charge in [0.15, 0.2) is 23.8 Å². The molecule has 0 aromatic heterocycles. The number of benzene rings is 4. The molecular formula is C39H40F2O5. The van der Waals surface area contributed by atoms with Gasteiger partial charge in [-0.2, -0.15) is 0 Å². The third-order valence-corrected chi connectivity index (χ3v) is 8.23. The standard InChI is InChI=1S/C39H40F2O5/c1-23(2)37(35(42)25(5)29-17-19-31(33(40)21-29)27-13-9-7-10-14-27)45-39(44)46-38(24(3)4)36(43)26(6)30-18-20-32(34(41)22-30)28-15-11-8-12-16-28/h7-26,37-38H,1-6H3. The summed E-state index contributed by atoms with van der Waals surface area (Å²) in [7, 11) is 0. The van der Waals surface area contributed by atoms with Crippen LogP contribution in [0, 0.1) is 23.5 Å². The van der Waals surface area contributed by atoms with Crippen LogP contribution in [0.25, 0.3) is 22.3 Å². The fourth-order valence-electron chi connectivity index (χ4n) is 5.41. The molecule has 4 rings (SSSR count). The van der Waals surface area contributed by atoms with E-state index < -0.39 is 65.2 Å². The molecule has 240 valence electrons. The highest BCUT2D eigenvalue weighted by Gasteiger charge is 2.36. The van der Waals surface area contributed by atoms with E-state index in [2.05, 4.69) is 0 Å². The fraction of sp³-hybridized carbons (Fsp3) is 0.308. The second-order valence-corrected chi connectivity index (χ2v) is 12.3. The molecule has 0 amide bonds. The Morgan fingerprint density at radius 1 is 0.522 bits per heavy atom. The van der Waals surface area contributed by atoms with Crippen molar-refractivity contribution < 1.29 is 32.6 Å². The van der Waals surface area contributed by atoms with E-state index in [4.69, 9.17) is 9.47 Å². The second kappa shape index (κ2) is 15.1. The van der Waals surface area contributed by atoms with Gasteiger partial charge in [-0.1, -0.05) is 126 Å². The Morgan fingerprint density at radius 2 is 0.870 bits per heavy atom. The molecule has 0 N–H and O–H groups in total. The maximum Gasteiger partial charge on any atom is 0.509 e. The molecule has 0 heterocycles. The predicted octanol–water partition coefficient (Wildman–Crippen LogP) is 9.55. The highest BCUT2D eigenvalue weighted by Crippen LogP contribution is 2.30. The van der Waals surface area contributed by atoms with Crippen LogP contribution in [-0.2, 0) is 19.1 Å². The first-order valence-corrected chi connectivity index (χ1v) is 15.5.